The number of likely N-dealkylation sites (tertiary alicyclic amines) is 1. The number of rotatable bonds is 5. The molecule has 1 atom stereocenters. The van der Waals surface area contributed by atoms with Crippen LogP contribution < -0.4 is 0 Å². The van der Waals surface area contributed by atoms with Crippen molar-refractivity contribution in [3.05, 3.63) is 20.8 Å². The SMILES string of the molecule is CCOC(=O)CC(c1sccc1Br)N1CCCC1. The van der Waals surface area contributed by atoms with Crippen LogP contribution in [0.4, 0.5) is 0 Å². The Balaban J connectivity index is 2.12. The molecular weight excluding hydrogens is 314 g/mol. The van der Waals surface area contributed by atoms with Crippen LogP contribution in [0.1, 0.15) is 37.1 Å². The third-order valence-electron chi connectivity index (χ3n) is 3.19. The van der Waals surface area contributed by atoms with Gasteiger partial charge in [0.1, 0.15) is 0 Å². The van der Waals surface area contributed by atoms with Crippen molar-refractivity contribution in [1.29, 1.82) is 0 Å². The molecule has 5 heteroatoms. The topological polar surface area (TPSA) is 29.5 Å². The Morgan fingerprint density at radius 3 is 2.83 bits per heavy atom. The number of carbonyl (C=O) groups excluding carboxylic acids is 1. The van der Waals surface area contributed by atoms with Gasteiger partial charge in [0.25, 0.3) is 0 Å². The summed E-state index contributed by atoms with van der Waals surface area (Å²) in [6.45, 7) is 4.46. The minimum atomic E-state index is -0.102. The minimum absolute atomic E-state index is 0.102. The van der Waals surface area contributed by atoms with E-state index in [0.29, 0.717) is 13.0 Å². The Hall–Kier alpha value is -0.390. The molecule has 0 aromatic carbocycles. The summed E-state index contributed by atoms with van der Waals surface area (Å²) < 4.78 is 6.20. The van der Waals surface area contributed by atoms with Gasteiger partial charge in [-0.15, -0.1) is 11.3 Å². The Bertz CT molecular complexity index is 401. The average Bonchev–Trinajstić information content (AvgIpc) is 2.97. The number of esters is 1. The Morgan fingerprint density at radius 1 is 1.56 bits per heavy atom. The van der Waals surface area contributed by atoms with Crippen molar-refractivity contribution in [2.45, 2.75) is 32.2 Å². The van der Waals surface area contributed by atoms with E-state index >= 15 is 0 Å². The summed E-state index contributed by atoms with van der Waals surface area (Å²) in [6, 6.07) is 2.22. The first-order valence-electron chi connectivity index (χ1n) is 6.35. The predicted molar refractivity (Wildman–Crippen MR) is 76.8 cm³/mol. The van der Waals surface area contributed by atoms with E-state index in [9.17, 15) is 4.79 Å². The van der Waals surface area contributed by atoms with Crippen molar-refractivity contribution in [3.8, 4) is 0 Å². The maximum absolute atomic E-state index is 11.8. The van der Waals surface area contributed by atoms with Gasteiger partial charge in [0, 0.05) is 9.35 Å². The lowest BCUT2D eigenvalue weighted by Gasteiger charge is -2.26. The number of nitrogens with zero attached hydrogens (tertiary/aromatic N) is 1. The zero-order valence-electron chi connectivity index (χ0n) is 10.5. The number of thiophene rings is 1. The van der Waals surface area contributed by atoms with Crippen LogP contribution in [-0.2, 0) is 9.53 Å². The number of halogens is 1. The highest BCUT2D eigenvalue weighted by molar-refractivity contribution is 9.10. The van der Waals surface area contributed by atoms with Gasteiger partial charge in [-0.05, 0) is 60.2 Å². The fraction of sp³-hybridized carbons (Fsp3) is 0.615. The fourth-order valence-electron chi connectivity index (χ4n) is 2.36. The minimum Gasteiger partial charge on any atom is -0.466 e. The molecule has 0 bridgehead atoms. The average molecular weight is 332 g/mol. The molecule has 1 saturated heterocycles. The monoisotopic (exact) mass is 331 g/mol. The molecule has 1 unspecified atom stereocenters. The van der Waals surface area contributed by atoms with Crippen molar-refractivity contribution in [2.75, 3.05) is 19.7 Å². The lowest BCUT2D eigenvalue weighted by Crippen LogP contribution is -2.28. The second-order valence-corrected chi connectivity index (χ2v) is 6.20. The molecule has 0 N–H and O–H groups in total. The summed E-state index contributed by atoms with van der Waals surface area (Å²) in [5.41, 5.74) is 0. The van der Waals surface area contributed by atoms with Crippen LogP contribution in [0.25, 0.3) is 0 Å². The summed E-state index contributed by atoms with van der Waals surface area (Å²) in [5, 5.41) is 2.06. The molecule has 1 aromatic heterocycles. The summed E-state index contributed by atoms with van der Waals surface area (Å²) in [6.07, 6.45) is 2.90. The van der Waals surface area contributed by atoms with E-state index in [1.807, 2.05) is 13.0 Å². The van der Waals surface area contributed by atoms with Gasteiger partial charge in [-0.3, -0.25) is 9.69 Å². The molecule has 2 heterocycles. The summed E-state index contributed by atoms with van der Waals surface area (Å²) in [7, 11) is 0. The first kappa shape index (κ1) is 14.0. The first-order valence-corrected chi connectivity index (χ1v) is 8.02. The predicted octanol–water partition coefficient (Wildman–Crippen LogP) is 3.60. The van der Waals surface area contributed by atoms with Crippen LogP contribution in [0, 0.1) is 0 Å². The van der Waals surface area contributed by atoms with E-state index in [1.54, 1.807) is 11.3 Å². The van der Waals surface area contributed by atoms with E-state index in [1.165, 1.54) is 17.7 Å². The van der Waals surface area contributed by atoms with Gasteiger partial charge >= 0.3 is 5.97 Å². The van der Waals surface area contributed by atoms with E-state index in [4.69, 9.17) is 4.74 Å². The summed E-state index contributed by atoms with van der Waals surface area (Å²) >= 11 is 5.28. The second-order valence-electron chi connectivity index (χ2n) is 4.40. The Morgan fingerprint density at radius 2 is 2.28 bits per heavy atom. The second kappa shape index (κ2) is 6.68. The third-order valence-corrected chi connectivity index (χ3v) is 5.17. The van der Waals surface area contributed by atoms with Crippen molar-refractivity contribution < 1.29 is 9.53 Å². The molecule has 0 spiro atoms. The molecule has 0 aliphatic carbocycles. The molecule has 1 aliphatic heterocycles. The molecule has 1 aromatic rings. The van der Waals surface area contributed by atoms with Gasteiger partial charge in [0.15, 0.2) is 0 Å². The Kier molecular flexibility index (Phi) is 5.21. The quantitative estimate of drug-likeness (QED) is 0.772. The van der Waals surface area contributed by atoms with E-state index in [2.05, 4.69) is 26.2 Å². The normalized spacial score (nSPS) is 17.9. The standard InChI is InChI=1S/C13H18BrNO2S/c1-2-17-12(16)9-11(15-6-3-4-7-15)13-10(14)5-8-18-13/h5,8,11H,2-4,6-7,9H2,1H3. The van der Waals surface area contributed by atoms with Crippen LogP contribution in [-0.4, -0.2) is 30.6 Å². The molecule has 100 valence electrons. The van der Waals surface area contributed by atoms with E-state index in [0.717, 1.165) is 17.6 Å². The molecule has 3 nitrogen and oxygen atoms in total. The molecule has 1 fully saturated rings. The van der Waals surface area contributed by atoms with Crippen LogP contribution in [0.5, 0.6) is 0 Å². The van der Waals surface area contributed by atoms with Crippen molar-refractivity contribution in [3.63, 3.8) is 0 Å². The third kappa shape index (κ3) is 3.33. The highest BCUT2D eigenvalue weighted by Gasteiger charge is 2.28. The van der Waals surface area contributed by atoms with Crippen LogP contribution in [0.15, 0.2) is 15.9 Å². The molecular formula is C13H18BrNO2S. The first-order chi connectivity index (χ1) is 8.72. The lowest BCUT2D eigenvalue weighted by atomic mass is 10.1. The molecule has 0 saturated carbocycles. The zero-order chi connectivity index (χ0) is 13.0. The maximum atomic E-state index is 11.8. The summed E-state index contributed by atoms with van der Waals surface area (Å²) in [5.74, 6) is -0.102. The van der Waals surface area contributed by atoms with Gasteiger partial charge < -0.3 is 4.74 Å². The fourth-order valence-corrected chi connectivity index (χ4v) is 4.13. The lowest BCUT2D eigenvalue weighted by molar-refractivity contribution is -0.144. The molecule has 1 aliphatic rings. The molecule has 18 heavy (non-hydrogen) atoms. The van der Waals surface area contributed by atoms with Gasteiger partial charge in [-0.25, -0.2) is 0 Å². The van der Waals surface area contributed by atoms with Gasteiger partial charge in [-0.1, -0.05) is 0 Å². The maximum Gasteiger partial charge on any atom is 0.307 e. The van der Waals surface area contributed by atoms with Crippen molar-refractivity contribution in [1.82, 2.24) is 4.90 Å². The van der Waals surface area contributed by atoms with Crippen LogP contribution in [0.2, 0.25) is 0 Å². The molecule has 2 rings (SSSR count). The van der Waals surface area contributed by atoms with Gasteiger partial charge in [-0.2, -0.15) is 0 Å². The smallest absolute Gasteiger partial charge is 0.307 e. The van der Waals surface area contributed by atoms with Crippen molar-refractivity contribution in [2.24, 2.45) is 0 Å². The van der Waals surface area contributed by atoms with Crippen LogP contribution in [0.3, 0.4) is 0 Å². The van der Waals surface area contributed by atoms with E-state index < -0.39 is 0 Å². The number of ether oxygens (including phenoxy) is 1. The number of hydrogen-bond acceptors (Lipinski definition) is 4. The highest BCUT2D eigenvalue weighted by atomic mass is 79.9. The largest absolute Gasteiger partial charge is 0.466 e. The molecule has 0 amide bonds. The van der Waals surface area contributed by atoms with E-state index in [-0.39, 0.29) is 12.0 Å². The number of hydrogen-bond donors (Lipinski definition) is 0. The van der Waals surface area contributed by atoms with Crippen LogP contribution >= 0.6 is 27.3 Å². The number of carbonyl (C=O) groups is 1. The zero-order valence-corrected chi connectivity index (χ0v) is 12.9. The Labute approximate surface area is 120 Å². The van der Waals surface area contributed by atoms with Crippen molar-refractivity contribution >= 4 is 33.2 Å². The summed E-state index contributed by atoms with van der Waals surface area (Å²) in [4.78, 5) is 15.4. The highest BCUT2D eigenvalue weighted by Crippen LogP contribution is 2.36. The molecule has 0 radical (unpaired) electrons. The van der Waals surface area contributed by atoms with Gasteiger partial charge in [0.2, 0.25) is 0 Å². The van der Waals surface area contributed by atoms with Gasteiger partial charge in [0.05, 0.1) is 19.1 Å².